The van der Waals surface area contributed by atoms with Crippen molar-refractivity contribution in [1.82, 2.24) is 4.98 Å². The van der Waals surface area contributed by atoms with E-state index >= 15 is 0 Å². The van der Waals surface area contributed by atoms with Crippen molar-refractivity contribution in [3.63, 3.8) is 0 Å². The quantitative estimate of drug-likeness (QED) is 0.597. The molecule has 0 saturated heterocycles. The molecular formula is C9H8ClF2NO2. The molecular weight excluding hydrogens is 228 g/mol. The number of rotatable bonds is 3. The van der Waals surface area contributed by atoms with Crippen LogP contribution in [-0.4, -0.2) is 18.1 Å². The van der Waals surface area contributed by atoms with Crippen LogP contribution in [-0.2, 0) is 10.6 Å². The zero-order valence-corrected chi connectivity index (χ0v) is 8.59. The highest BCUT2D eigenvalue weighted by molar-refractivity contribution is 6.17. The number of nitrogens with zero attached hydrogens (tertiary/aromatic N) is 1. The van der Waals surface area contributed by atoms with Crippen molar-refractivity contribution in [2.75, 3.05) is 7.11 Å². The van der Waals surface area contributed by atoms with Gasteiger partial charge in [-0.25, -0.2) is 18.6 Å². The highest BCUT2D eigenvalue weighted by atomic mass is 35.5. The third-order valence-corrected chi connectivity index (χ3v) is 2.02. The molecule has 0 aliphatic carbocycles. The van der Waals surface area contributed by atoms with Gasteiger partial charge in [0.25, 0.3) is 6.43 Å². The third-order valence-electron chi connectivity index (χ3n) is 1.77. The van der Waals surface area contributed by atoms with Gasteiger partial charge in [-0.2, -0.15) is 0 Å². The Morgan fingerprint density at radius 3 is 2.73 bits per heavy atom. The van der Waals surface area contributed by atoms with Gasteiger partial charge in [0, 0.05) is 5.56 Å². The Bertz CT molecular complexity index is 371. The number of hydrogen-bond donors (Lipinski definition) is 0. The Labute approximate surface area is 90.0 Å². The maximum absolute atomic E-state index is 12.4. The maximum atomic E-state index is 12.4. The van der Waals surface area contributed by atoms with E-state index in [1.165, 1.54) is 13.2 Å². The molecule has 0 radical (unpaired) electrons. The van der Waals surface area contributed by atoms with Gasteiger partial charge in [-0.05, 0) is 12.1 Å². The van der Waals surface area contributed by atoms with Crippen LogP contribution in [0.25, 0.3) is 0 Å². The molecule has 1 aromatic rings. The first kappa shape index (κ1) is 11.8. The minimum Gasteiger partial charge on any atom is -0.464 e. The molecule has 0 aliphatic heterocycles. The summed E-state index contributed by atoms with van der Waals surface area (Å²) >= 11 is 5.45. The first-order valence-corrected chi connectivity index (χ1v) is 4.55. The lowest BCUT2D eigenvalue weighted by molar-refractivity contribution is 0.0593. The predicted octanol–water partition coefficient (Wildman–Crippen LogP) is 2.54. The molecule has 0 saturated carbocycles. The lowest BCUT2D eigenvalue weighted by atomic mass is 10.2. The van der Waals surface area contributed by atoms with Crippen molar-refractivity contribution in [2.24, 2.45) is 0 Å². The Hall–Kier alpha value is -1.23. The van der Waals surface area contributed by atoms with Crippen molar-refractivity contribution in [2.45, 2.75) is 12.3 Å². The van der Waals surface area contributed by atoms with Gasteiger partial charge in [-0.1, -0.05) is 0 Å². The van der Waals surface area contributed by atoms with Crippen molar-refractivity contribution < 1.29 is 18.3 Å². The number of carbonyl (C=O) groups is 1. The normalized spacial score (nSPS) is 10.5. The molecule has 6 heteroatoms. The molecule has 0 atom stereocenters. The van der Waals surface area contributed by atoms with Gasteiger partial charge < -0.3 is 4.74 Å². The van der Waals surface area contributed by atoms with Gasteiger partial charge >= 0.3 is 5.97 Å². The number of methoxy groups -OCH3 is 1. The molecule has 0 bridgehead atoms. The fourth-order valence-electron chi connectivity index (χ4n) is 1.04. The van der Waals surface area contributed by atoms with E-state index in [0.29, 0.717) is 0 Å². The van der Waals surface area contributed by atoms with Gasteiger partial charge in [0.1, 0.15) is 5.69 Å². The van der Waals surface area contributed by atoms with Crippen LogP contribution in [0.15, 0.2) is 12.1 Å². The van der Waals surface area contributed by atoms with Crippen molar-refractivity contribution >= 4 is 17.6 Å². The number of halogens is 3. The van der Waals surface area contributed by atoms with Crippen LogP contribution in [0.2, 0.25) is 0 Å². The summed E-state index contributed by atoms with van der Waals surface area (Å²) in [6.07, 6.45) is -2.65. The van der Waals surface area contributed by atoms with Crippen LogP contribution in [0.5, 0.6) is 0 Å². The summed E-state index contributed by atoms with van der Waals surface area (Å²) < 4.78 is 29.2. The number of hydrogen-bond acceptors (Lipinski definition) is 3. The minimum atomic E-state index is -2.65. The van der Waals surface area contributed by atoms with E-state index in [4.69, 9.17) is 11.6 Å². The molecule has 0 unspecified atom stereocenters. The monoisotopic (exact) mass is 235 g/mol. The fraction of sp³-hybridized carbons (Fsp3) is 0.333. The number of ether oxygens (including phenoxy) is 1. The molecule has 0 aromatic carbocycles. The molecule has 0 fully saturated rings. The van der Waals surface area contributed by atoms with E-state index < -0.39 is 12.4 Å². The van der Waals surface area contributed by atoms with Gasteiger partial charge in [0.15, 0.2) is 0 Å². The SMILES string of the molecule is COC(=O)c1ccc(C(F)F)c(CCl)n1. The van der Waals surface area contributed by atoms with E-state index in [1.54, 1.807) is 0 Å². The van der Waals surface area contributed by atoms with Crippen LogP contribution in [0.1, 0.15) is 28.2 Å². The summed E-state index contributed by atoms with van der Waals surface area (Å²) in [5.41, 5.74) is -0.301. The maximum Gasteiger partial charge on any atom is 0.356 e. The van der Waals surface area contributed by atoms with Gasteiger partial charge in [0.2, 0.25) is 0 Å². The molecule has 0 N–H and O–H groups in total. The zero-order chi connectivity index (χ0) is 11.4. The summed E-state index contributed by atoms with van der Waals surface area (Å²) in [5.74, 6) is -0.855. The van der Waals surface area contributed by atoms with Crippen LogP contribution < -0.4 is 0 Å². The lowest BCUT2D eigenvalue weighted by Gasteiger charge is -2.06. The summed E-state index contributed by atoms with van der Waals surface area (Å²) in [6.45, 7) is 0. The second-order valence-electron chi connectivity index (χ2n) is 2.66. The molecule has 1 rings (SSSR count). The van der Waals surface area contributed by atoms with Crippen LogP contribution in [0, 0.1) is 0 Å². The number of pyridine rings is 1. The summed E-state index contributed by atoms with van der Waals surface area (Å²) in [6, 6.07) is 2.31. The molecule has 82 valence electrons. The van der Waals surface area contributed by atoms with Crippen LogP contribution >= 0.6 is 11.6 Å². The number of esters is 1. The number of aromatic nitrogens is 1. The van der Waals surface area contributed by atoms with E-state index in [1.807, 2.05) is 0 Å². The molecule has 0 spiro atoms. The Morgan fingerprint density at radius 1 is 1.60 bits per heavy atom. The van der Waals surface area contributed by atoms with Crippen molar-refractivity contribution in [3.05, 3.63) is 29.1 Å². The minimum absolute atomic E-state index is 0.00503. The largest absolute Gasteiger partial charge is 0.464 e. The Kier molecular flexibility index (Phi) is 3.96. The predicted molar refractivity (Wildman–Crippen MR) is 50.1 cm³/mol. The second-order valence-corrected chi connectivity index (χ2v) is 2.93. The highest BCUT2D eigenvalue weighted by Gasteiger charge is 2.16. The standard InChI is InChI=1S/C9H8ClF2NO2/c1-15-9(14)6-3-2-5(8(11)12)7(4-10)13-6/h2-3,8H,4H2,1H3. The van der Waals surface area contributed by atoms with Gasteiger partial charge in [-0.3, -0.25) is 0 Å². The molecule has 0 aliphatic rings. The molecule has 0 amide bonds. The average Bonchev–Trinajstić information content (AvgIpc) is 2.26. The Morgan fingerprint density at radius 2 is 2.27 bits per heavy atom. The van der Waals surface area contributed by atoms with E-state index in [0.717, 1.165) is 6.07 Å². The molecule has 1 aromatic heterocycles. The molecule has 15 heavy (non-hydrogen) atoms. The summed E-state index contributed by atoms with van der Waals surface area (Å²) in [7, 11) is 1.19. The van der Waals surface area contributed by atoms with Crippen molar-refractivity contribution in [3.8, 4) is 0 Å². The first-order valence-electron chi connectivity index (χ1n) is 4.02. The number of alkyl halides is 3. The molecule has 3 nitrogen and oxygen atoms in total. The summed E-state index contributed by atoms with van der Waals surface area (Å²) in [4.78, 5) is 14.7. The molecule has 1 heterocycles. The third kappa shape index (κ3) is 2.62. The first-order chi connectivity index (χ1) is 7.10. The number of carbonyl (C=O) groups excluding carboxylic acids is 1. The summed E-state index contributed by atoms with van der Waals surface area (Å²) in [5, 5.41) is 0. The van der Waals surface area contributed by atoms with Crippen molar-refractivity contribution in [1.29, 1.82) is 0 Å². The average molecular weight is 236 g/mol. The highest BCUT2D eigenvalue weighted by Crippen LogP contribution is 2.23. The van der Waals surface area contributed by atoms with Crippen LogP contribution in [0.3, 0.4) is 0 Å². The van der Waals surface area contributed by atoms with Gasteiger partial charge in [0.05, 0.1) is 18.7 Å². The topological polar surface area (TPSA) is 39.2 Å². The van der Waals surface area contributed by atoms with Gasteiger partial charge in [-0.15, -0.1) is 11.6 Å². The smallest absolute Gasteiger partial charge is 0.356 e. The second kappa shape index (κ2) is 5.02. The van der Waals surface area contributed by atoms with E-state index in [9.17, 15) is 13.6 Å². The van der Waals surface area contributed by atoms with E-state index in [2.05, 4.69) is 9.72 Å². The van der Waals surface area contributed by atoms with E-state index in [-0.39, 0.29) is 22.8 Å². The fourth-order valence-corrected chi connectivity index (χ4v) is 1.25. The lowest BCUT2D eigenvalue weighted by Crippen LogP contribution is -2.07. The zero-order valence-electron chi connectivity index (χ0n) is 7.84. The Balaban J connectivity index is 3.13. The van der Waals surface area contributed by atoms with Crippen LogP contribution in [0.4, 0.5) is 8.78 Å².